The fraction of sp³-hybridized carbons (Fsp3) is 0.0577. The van der Waals surface area contributed by atoms with Gasteiger partial charge in [-0.15, -0.1) is 0 Å². The SMILES string of the molecule is CC1(C)c2ccccc2-c2c(N(c3ccccc3)c3cc(N(c4ccccc4)c4ccc5oc6ccccc6c5c4)c4nc(-c5ccccc5)oc4c3)cccc21. The molecule has 0 atom stereocenters. The Kier molecular flexibility index (Phi) is 7.45. The fourth-order valence-corrected chi connectivity index (χ4v) is 8.78. The van der Waals surface area contributed by atoms with Gasteiger partial charge in [-0.05, 0) is 89.5 Å². The standard InChI is InChI=1S/C52H37N3O2/c1-52(2)42-25-14-12-24-40(42)49-43(52)26-16-27-44(49)55(36-21-10-5-11-22-36)38-32-45(50-48(33-38)57-51(53-50)34-17-6-3-7-18-34)54(35-19-8-4-9-20-35)37-29-30-47-41(31-37)39-23-13-15-28-46(39)56-47/h3-33H,1-2H3. The largest absolute Gasteiger partial charge is 0.456 e. The Balaban J connectivity index is 1.21. The average Bonchev–Trinajstić information content (AvgIpc) is 3.93. The van der Waals surface area contributed by atoms with E-state index in [1.54, 1.807) is 0 Å². The molecule has 0 fully saturated rings. The van der Waals surface area contributed by atoms with Crippen LogP contribution in [0.25, 0.3) is 55.6 Å². The van der Waals surface area contributed by atoms with Gasteiger partial charge in [-0.2, -0.15) is 0 Å². The van der Waals surface area contributed by atoms with Crippen molar-refractivity contribution in [1.82, 2.24) is 4.98 Å². The number of hydrogen-bond donors (Lipinski definition) is 0. The highest BCUT2D eigenvalue weighted by molar-refractivity contribution is 6.08. The number of oxazole rings is 1. The van der Waals surface area contributed by atoms with E-state index in [1.165, 1.54) is 22.3 Å². The van der Waals surface area contributed by atoms with Crippen molar-refractivity contribution in [2.45, 2.75) is 19.3 Å². The van der Waals surface area contributed by atoms with Crippen LogP contribution in [-0.4, -0.2) is 4.98 Å². The van der Waals surface area contributed by atoms with E-state index in [-0.39, 0.29) is 5.41 Å². The van der Waals surface area contributed by atoms with Crippen LogP contribution in [-0.2, 0) is 5.41 Å². The minimum atomic E-state index is -0.158. The molecule has 2 aromatic heterocycles. The molecular formula is C52H37N3O2. The monoisotopic (exact) mass is 735 g/mol. The second-order valence-electron chi connectivity index (χ2n) is 15.2. The third kappa shape index (κ3) is 5.27. The number of benzene rings is 8. The van der Waals surface area contributed by atoms with Crippen LogP contribution in [0.15, 0.2) is 197 Å². The zero-order valence-corrected chi connectivity index (χ0v) is 31.6. The number of anilines is 6. The van der Waals surface area contributed by atoms with Gasteiger partial charge in [0, 0.05) is 50.4 Å². The molecule has 0 aliphatic heterocycles. The van der Waals surface area contributed by atoms with Gasteiger partial charge in [0.25, 0.3) is 0 Å². The maximum atomic E-state index is 6.80. The van der Waals surface area contributed by atoms with Gasteiger partial charge in [0.2, 0.25) is 5.89 Å². The van der Waals surface area contributed by atoms with Crippen molar-refractivity contribution in [2.24, 2.45) is 0 Å². The lowest BCUT2D eigenvalue weighted by atomic mass is 9.82. The molecule has 0 saturated heterocycles. The third-order valence-corrected chi connectivity index (χ3v) is 11.5. The maximum absolute atomic E-state index is 6.80. The van der Waals surface area contributed by atoms with Crippen molar-refractivity contribution in [1.29, 1.82) is 0 Å². The Hall–Kier alpha value is -7.37. The molecule has 5 nitrogen and oxygen atoms in total. The van der Waals surface area contributed by atoms with Crippen LogP contribution in [0.2, 0.25) is 0 Å². The molecule has 8 aromatic carbocycles. The van der Waals surface area contributed by atoms with E-state index in [4.69, 9.17) is 13.8 Å². The van der Waals surface area contributed by atoms with E-state index in [1.807, 2.05) is 42.5 Å². The van der Waals surface area contributed by atoms with Crippen LogP contribution >= 0.6 is 0 Å². The number of para-hydroxylation sites is 3. The van der Waals surface area contributed by atoms with E-state index in [9.17, 15) is 0 Å². The molecule has 1 aliphatic rings. The summed E-state index contributed by atoms with van der Waals surface area (Å²) in [5, 5.41) is 2.12. The van der Waals surface area contributed by atoms with Crippen LogP contribution in [0.5, 0.6) is 0 Å². The molecule has 10 aromatic rings. The Morgan fingerprint density at radius 2 is 1.07 bits per heavy atom. The zero-order valence-electron chi connectivity index (χ0n) is 31.6. The Bertz CT molecular complexity index is 3110. The normalized spacial score (nSPS) is 12.9. The van der Waals surface area contributed by atoms with Crippen molar-refractivity contribution in [3.8, 4) is 22.6 Å². The summed E-state index contributed by atoms with van der Waals surface area (Å²) in [7, 11) is 0. The van der Waals surface area contributed by atoms with Gasteiger partial charge in [0.15, 0.2) is 5.58 Å². The van der Waals surface area contributed by atoms with Crippen molar-refractivity contribution in [2.75, 3.05) is 9.80 Å². The molecule has 1 aliphatic carbocycles. The molecule has 0 unspecified atom stereocenters. The van der Waals surface area contributed by atoms with Crippen molar-refractivity contribution in [3.05, 3.63) is 199 Å². The maximum Gasteiger partial charge on any atom is 0.227 e. The van der Waals surface area contributed by atoms with Gasteiger partial charge in [-0.3, -0.25) is 0 Å². The Morgan fingerprint density at radius 3 is 1.84 bits per heavy atom. The molecule has 2 heterocycles. The first-order chi connectivity index (χ1) is 28.0. The molecule has 0 saturated carbocycles. The predicted octanol–water partition coefficient (Wildman–Crippen LogP) is 14.6. The topological polar surface area (TPSA) is 45.7 Å². The average molecular weight is 736 g/mol. The molecule has 0 amide bonds. The lowest BCUT2D eigenvalue weighted by Crippen LogP contribution is -2.16. The van der Waals surface area contributed by atoms with Crippen LogP contribution in [0.1, 0.15) is 25.0 Å². The van der Waals surface area contributed by atoms with E-state index < -0.39 is 0 Å². The van der Waals surface area contributed by atoms with E-state index >= 15 is 0 Å². The van der Waals surface area contributed by atoms with Crippen molar-refractivity contribution in [3.63, 3.8) is 0 Å². The van der Waals surface area contributed by atoms with Crippen molar-refractivity contribution >= 4 is 67.2 Å². The summed E-state index contributed by atoms with van der Waals surface area (Å²) in [6.07, 6.45) is 0. The minimum Gasteiger partial charge on any atom is -0.456 e. The number of aromatic nitrogens is 1. The summed E-state index contributed by atoms with van der Waals surface area (Å²) >= 11 is 0. The molecule has 0 bridgehead atoms. The van der Waals surface area contributed by atoms with E-state index in [2.05, 4.69) is 169 Å². The molecule has 5 heteroatoms. The highest BCUT2D eigenvalue weighted by Gasteiger charge is 2.38. The summed E-state index contributed by atoms with van der Waals surface area (Å²) in [6, 6.07) is 65.9. The van der Waals surface area contributed by atoms with E-state index in [0.717, 1.165) is 67.1 Å². The Morgan fingerprint density at radius 1 is 0.439 bits per heavy atom. The third-order valence-electron chi connectivity index (χ3n) is 11.5. The second-order valence-corrected chi connectivity index (χ2v) is 15.2. The molecule has 0 radical (unpaired) electrons. The smallest absolute Gasteiger partial charge is 0.227 e. The lowest BCUT2D eigenvalue weighted by Gasteiger charge is -2.31. The molecule has 0 N–H and O–H groups in total. The van der Waals surface area contributed by atoms with Crippen LogP contribution in [0.4, 0.5) is 34.1 Å². The summed E-state index contributed by atoms with van der Waals surface area (Å²) in [5.41, 5.74) is 15.0. The van der Waals surface area contributed by atoms with Gasteiger partial charge >= 0.3 is 0 Å². The number of fused-ring (bicyclic) bond motifs is 7. The summed E-state index contributed by atoms with van der Waals surface area (Å²) < 4.78 is 13.1. The lowest BCUT2D eigenvalue weighted by molar-refractivity contribution is 0.620. The molecule has 11 rings (SSSR count). The highest BCUT2D eigenvalue weighted by atomic mass is 16.3. The summed E-state index contributed by atoms with van der Waals surface area (Å²) in [4.78, 5) is 9.93. The predicted molar refractivity (Wildman–Crippen MR) is 234 cm³/mol. The van der Waals surface area contributed by atoms with Gasteiger partial charge < -0.3 is 18.6 Å². The molecule has 57 heavy (non-hydrogen) atoms. The second kappa shape index (κ2) is 12.9. The first-order valence-corrected chi connectivity index (χ1v) is 19.4. The Labute approximate surface area is 330 Å². The van der Waals surface area contributed by atoms with Gasteiger partial charge in [-0.25, -0.2) is 4.98 Å². The van der Waals surface area contributed by atoms with Gasteiger partial charge in [-0.1, -0.05) is 123 Å². The number of furan rings is 1. The fourth-order valence-electron chi connectivity index (χ4n) is 8.78. The summed E-state index contributed by atoms with van der Waals surface area (Å²) in [5.74, 6) is 0.566. The quantitative estimate of drug-likeness (QED) is 0.163. The van der Waals surface area contributed by atoms with Crippen LogP contribution in [0.3, 0.4) is 0 Å². The first kappa shape index (κ1) is 33.0. The van der Waals surface area contributed by atoms with Crippen LogP contribution in [0, 0.1) is 0 Å². The van der Waals surface area contributed by atoms with Gasteiger partial charge in [0.05, 0.1) is 17.1 Å². The zero-order chi connectivity index (χ0) is 38.1. The van der Waals surface area contributed by atoms with Crippen molar-refractivity contribution < 1.29 is 8.83 Å². The molecular weight excluding hydrogens is 699 g/mol. The molecule has 272 valence electrons. The number of rotatable bonds is 7. The number of nitrogens with zero attached hydrogens (tertiary/aromatic N) is 3. The highest BCUT2D eigenvalue weighted by Crippen LogP contribution is 2.55. The van der Waals surface area contributed by atoms with Crippen LogP contribution < -0.4 is 9.80 Å². The minimum absolute atomic E-state index is 0.158. The van der Waals surface area contributed by atoms with Gasteiger partial charge in [0.1, 0.15) is 16.7 Å². The summed E-state index contributed by atoms with van der Waals surface area (Å²) in [6.45, 7) is 4.66. The van der Waals surface area contributed by atoms with E-state index in [0.29, 0.717) is 11.5 Å². The first-order valence-electron chi connectivity index (χ1n) is 19.4. The molecule has 0 spiro atoms. The number of hydrogen-bond acceptors (Lipinski definition) is 5.